The molecule has 0 aliphatic carbocycles. The van der Waals surface area contributed by atoms with E-state index in [0.29, 0.717) is 5.91 Å². The van der Waals surface area contributed by atoms with Gasteiger partial charge in [-0.05, 0) is 37.5 Å². The molecule has 27 heavy (non-hydrogen) atoms. The Morgan fingerprint density at radius 3 is 2.44 bits per heavy atom. The summed E-state index contributed by atoms with van der Waals surface area (Å²) in [5.41, 5.74) is 2.54. The molecule has 1 aromatic heterocycles. The van der Waals surface area contributed by atoms with E-state index in [4.69, 9.17) is 0 Å². The Bertz CT molecular complexity index is 765. The molecule has 0 N–H and O–H groups in total. The van der Waals surface area contributed by atoms with Crippen LogP contribution in [0, 0.1) is 12.8 Å². The zero-order valence-electron chi connectivity index (χ0n) is 15.9. The quantitative estimate of drug-likeness (QED) is 0.836. The van der Waals surface area contributed by atoms with E-state index in [2.05, 4.69) is 55.9 Å². The van der Waals surface area contributed by atoms with Gasteiger partial charge in [0.1, 0.15) is 5.82 Å². The maximum Gasteiger partial charge on any atom is 0.225 e. The largest absolute Gasteiger partial charge is 0.368 e. The number of hydrogen-bond acceptors (Lipinski definition) is 5. The van der Waals surface area contributed by atoms with Crippen molar-refractivity contribution in [3.63, 3.8) is 0 Å². The lowest BCUT2D eigenvalue weighted by atomic mass is 9.95. The maximum absolute atomic E-state index is 13.0. The lowest BCUT2D eigenvalue weighted by Crippen LogP contribution is -2.51. The van der Waals surface area contributed by atoms with Gasteiger partial charge in [-0.1, -0.05) is 12.1 Å². The number of benzene rings is 1. The van der Waals surface area contributed by atoms with Crippen LogP contribution in [-0.4, -0.2) is 60.0 Å². The molecule has 0 saturated carbocycles. The fourth-order valence-corrected chi connectivity index (χ4v) is 4.08. The molecular formula is C21H27N5O. The Labute approximate surface area is 160 Å². The van der Waals surface area contributed by atoms with Gasteiger partial charge in [-0.25, -0.2) is 4.98 Å². The van der Waals surface area contributed by atoms with E-state index in [1.165, 1.54) is 11.3 Å². The molecule has 2 aliphatic heterocycles. The van der Waals surface area contributed by atoms with Crippen molar-refractivity contribution in [2.24, 2.45) is 5.92 Å². The number of rotatable bonds is 3. The molecule has 1 aromatic carbocycles. The average Bonchev–Trinajstić information content (AvgIpc) is 2.74. The third-order valence-corrected chi connectivity index (χ3v) is 5.68. The second-order valence-corrected chi connectivity index (χ2v) is 7.48. The van der Waals surface area contributed by atoms with Crippen LogP contribution >= 0.6 is 0 Å². The molecule has 0 atom stereocenters. The van der Waals surface area contributed by atoms with Crippen LogP contribution in [0.1, 0.15) is 18.4 Å². The van der Waals surface area contributed by atoms with Crippen LogP contribution in [0.3, 0.4) is 0 Å². The highest BCUT2D eigenvalue weighted by molar-refractivity contribution is 5.79. The first kappa shape index (κ1) is 17.8. The predicted molar refractivity (Wildman–Crippen MR) is 107 cm³/mol. The number of carbonyl (C=O) groups is 1. The minimum atomic E-state index is 0.142. The van der Waals surface area contributed by atoms with E-state index < -0.39 is 0 Å². The first-order chi connectivity index (χ1) is 13.2. The number of carbonyl (C=O) groups excluding carboxylic acids is 1. The fraction of sp³-hybridized carbons (Fsp3) is 0.476. The van der Waals surface area contributed by atoms with Gasteiger partial charge in [0.25, 0.3) is 0 Å². The van der Waals surface area contributed by atoms with Gasteiger partial charge in [0, 0.05) is 63.3 Å². The smallest absolute Gasteiger partial charge is 0.225 e. The third-order valence-electron chi connectivity index (χ3n) is 5.68. The van der Waals surface area contributed by atoms with E-state index in [0.717, 1.165) is 57.9 Å². The van der Waals surface area contributed by atoms with Crippen molar-refractivity contribution in [1.29, 1.82) is 0 Å². The van der Waals surface area contributed by atoms with E-state index >= 15 is 0 Å². The molecule has 0 radical (unpaired) electrons. The van der Waals surface area contributed by atoms with Crippen molar-refractivity contribution in [3.8, 4) is 0 Å². The summed E-state index contributed by atoms with van der Waals surface area (Å²) in [6, 6.07) is 8.61. The van der Waals surface area contributed by atoms with Crippen LogP contribution in [0.5, 0.6) is 0 Å². The molecule has 3 heterocycles. The van der Waals surface area contributed by atoms with Crippen molar-refractivity contribution in [2.75, 3.05) is 49.1 Å². The number of aromatic nitrogens is 2. The van der Waals surface area contributed by atoms with Crippen molar-refractivity contribution in [3.05, 3.63) is 48.4 Å². The molecule has 1 amide bonds. The number of anilines is 2. The SMILES string of the molecule is Cc1cccc(N2CCN(C(=O)C3CCN(c4cnccn4)CC3)CC2)c1. The summed E-state index contributed by atoms with van der Waals surface area (Å²) in [4.78, 5) is 28.1. The Kier molecular flexibility index (Phi) is 5.23. The predicted octanol–water partition coefficient (Wildman–Crippen LogP) is 2.35. The summed E-state index contributed by atoms with van der Waals surface area (Å²) in [5, 5.41) is 0. The number of aryl methyl sites for hydroxylation is 1. The van der Waals surface area contributed by atoms with Gasteiger partial charge in [0.15, 0.2) is 0 Å². The molecule has 2 fully saturated rings. The monoisotopic (exact) mass is 365 g/mol. The fourth-order valence-electron chi connectivity index (χ4n) is 4.08. The van der Waals surface area contributed by atoms with Crippen molar-refractivity contribution >= 4 is 17.4 Å². The lowest BCUT2D eigenvalue weighted by molar-refractivity contribution is -0.136. The van der Waals surface area contributed by atoms with E-state index in [1.807, 2.05) is 0 Å². The van der Waals surface area contributed by atoms with Crippen LogP contribution in [0.15, 0.2) is 42.9 Å². The normalized spacial score (nSPS) is 18.6. The second-order valence-electron chi connectivity index (χ2n) is 7.48. The summed E-state index contributed by atoms with van der Waals surface area (Å²) in [7, 11) is 0. The van der Waals surface area contributed by atoms with E-state index in [1.54, 1.807) is 18.6 Å². The molecule has 0 spiro atoms. The van der Waals surface area contributed by atoms with Crippen LogP contribution in [0.25, 0.3) is 0 Å². The van der Waals surface area contributed by atoms with Crippen molar-refractivity contribution in [2.45, 2.75) is 19.8 Å². The molecule has 2 aromatic rings. The minimum Gasteiger partial charge on any atom is -0.368 e. The third kappa shape index (κ3) is 4.04. The van der Waals surface area contributed by atoms with E-state index in [-0.39, 0.29) is 5.92 Å². The second kappa shape index (κ2) is 7.94. The Hall–Kier alpha value is -2.63. The van der Waals surface area contributed by atoms with Gasteiger partial charge < -0.3 is 14.7 Å². The van der Waals surface area contributed by atoms with Crippen LogP contribution in [0.2, 0.25) is 0 Å². The lowest BCUT2D eigenvalue weighted by Gasteiger charge is -2.39. The number of piperidine rings is 1. The highest BCUT2D eigenvalue weighted by Gasteiger charge is 2.30. The van der Waals surface area contributed by atoms with Gasteiger partial charge in [-0.3, -0.25) is 9.78 Å². The summed E-state index contributed by atoms with van der Waals surface area (Å²) >= 11 is 0. The molecular weight excluding hydrogens is 338 g/mol. The number of hydrogen-bond donors (Lipinski definition) is 0. The summed E-state index contributed by atoms with van der Waals surface area (Å²) in [5.74, 6) is 1.39. The maximum atomic E-state index is 13.0. The average molecular weight is 365 g/mol. The standard InChI is InChI=1S/C21H27N5O/c1-17-3-2-4-19(15-17)24-11-13-26(14-12-24)21(27)18-5-9-25(10-6-18)20-16-22-7-8-23-20/h2-4,7-8,15-16,18H,5-6,9-14H2,1H3. The van der Waals surface area contributed by atoms with Crippen LogP contribution in [-0.2, 0) is 4.79 Å². The van der Waals surface area contributed by atoms with Gasteiger partial charge in [-0.15, -0.1) is 0 Å². The molecule has 142 valence electrons. The summed E-state index contributed by atoms with van der Waals surface area (Å²) < 4.78 is 0. The first-order valence-electron chi connectivity index (χ1n) is 9.82. The Morgan fingerprint density at radius 1 is 1.00 bits per heavy atom. The molecule has 6 heteroatoms. The molecule has 6 nitrogen and oxygen atoms in total. The molecule has 2 saturated heterocycles. The minimum absolute atomic E-state index is 0.142. The highest BCUT2D eigenvalue weighted by Crippen LogP contribution is 2.24. The van der Waals surface area contributed by atoms with Crippen LogP contribution in [0.4, 0.5) is 11.5 Å². The molecule has 0 bridgehead atoms. The zero-order valence-corrected chi connectivity index (χ0v) is 15.9. The van der Waals surface area contributed by atoms with Gasteiger partial charge in [-0.2, -0.15) is 0 Å². The number of amides is 1. The van der Waals surface area contributed by atoms with Gasteiger partial charge in [0.05, 0.1) is 6.20 Å². The van der Waals surface area contributed by atoms with Crippen LogP contribution < -0.4 is 9.80 Å². The van der Waals surface area contributed by atoms with Crippen molar-refractivity contribution in [1.82, 2.24) is 14.9 Å². The molecule has 2 aliphatic rings. The van der Waals surface area contributed by atoms with Gasteiger partial charge in [0.2, 0.25) is 5.91 Å². The Morgan fingerprint density at radius 2 is 1.78 bits per heavy atom. The topological polar surface area (TPSA) is 52.6 Å². The number of piperazine rings is 1. The molecule has 0 unspecified atom stereocenters. The zero-order chi connectivity index (χ0) is 18.6. The summed E-state index contributed by atoms with van der Waals surface area (Å²) in [6.07, 6.45) is 7.00. The molecule has 4 rings (SSSR count). The first-order valence-corrected chi connectivity index (χ1v) is 9.82. The van der Waals surface area contributed by atoms with E-state index in [9.17, 15) is 4.79 Å². The highest BCUT2D eigenvalue weighted by atomic mass is 16.2. The van der Waals surface area contributed by atoms with Gasteiger partial charge >= 0.3 is 0 Å². The van der Waals surface area contributed by atoms with Crippen molar-refractivity contribution < 1.29 is 4.79 Å². The summed E-state index contributed by atoms with van der Waals surface area (Å²) in [6.45, 7) is 7.32. The Balaban J connectivity index is 1.29. The number of nitrogens with zero attached hydrogens (tertiary/aromatic N) is 5.